The second-order valence-corrected chi connectivity index (χ2v) is 9.79. The molecule has 0 fully saturated rings. The third-order valence-corrected chi connectivity index (χ3v) is 6.00. The number of benzene rings is 3. The zero-order valence-corrected chi connectivity index (χ0v) is 20.8. The molecule has 3 rings (SSSR count). The Balaban J connectivity index is 1.54. The van der Waals surface area contributed by atoms with E-state index in [2.05, 4.69) is 15.8 Å². The van der Waals surface area contributed by atoms with Crippen molar-refractivity contribution in [3.63, 3.8) is 0 Å². The molecule has 0 heterocycles. The minimum Gasteiger partial charge on any atom is -0.484 e. The van der Waals surface area contributed by atoms with Gasteiger partial charge in [0, 0.05) is 5.69 Å². The zero-order valence-electron chi connectivity index (χ0n) is 20.0. The average Bonchev–Trinajstić information content (AvgIpc) is 2.86. The minimum atomic E-state index is -4.68. The van der Waals surface area contributed by atoms with Crippen molar-refractivity contribution in [1.29, 1.82) is 0 Å². The van der Waals surface area contributed by atoms with E-state index in [1.165, 1.54) is 6.21 Å². The van der Waals surface area contributed by atoms with Gasteiger partial charge in [0.25, 0.3) is 11.8 Å². The highest BCUT2D eigenvalue weighted by Gasteiger charge is 2.32. The van der Waals surface area contributed by atoms with E-state index in [9.17, 15) is 31.2 Å². The molecule has 0 aromatic heterocycles. The van der Waals surface area contributed by atoms with E-state index >= 15 is 0 Å². The highest BCUT2D eigenvalue weighted by Crippen LogP contribution is 2.32. The molecule has 0 atom stereocenters. The number of carbonyl (C=O) groups excluding carboxylic acids is 2. The van der Waals surface area contributed by atoms with Crippen LogP contribution in [-0.4, -0.2) is 45.9 Å². The fourth-order valence-electron chi connectivity index (χ4n) is 3.10. The van der Waals surface area contributed by atoms with E-state index in [0.29, 0.717) is 27.4 Å². The van der Waals surface area contributed by atoms with Gasteiger partial charge in [-0.05, 0) is 60.2 Å². The van der Waals surface area contributed by atoms with E-state index in [1.807, 2.05) is 6.07 Å². The molecule has 0 saturated carbocycles. The highest BCUT2D eigenvalue weighted by molar-refractivity contribution is 7.92. The van der Waals surface area contributed by atoms with Crippen LogP contribution in [0.5, 0.6) is 5.75 Å². The van der Waals surface area contributed by atoms with Gasteiger partial charge in [0.1, 0.15) is 12.3 Å². The summed E-state index contributed by atoms with van der Waals surface area (Å²) in [6.07, 6.45) is -2.63. The van der Waals surface area contributed by atoms with Gasteiger partial charge in [-0.15, -0.1) is 0 Å². The molecule has 2 amide bonds. The zero-order chi connectivity index (χ0) is 27.8. The Bertz CT molecular complexity index is 1400. The summed E-state index contributed by atoms with van der Waals surface area (Å²) in [5.41, 5.74) is 1.97. The standard InChI is InChI=1S/C25H23F3N4O5S/c1-38(35,36)32(21-9-5-6-19(14-21)25(26,27)28)16-23(33)31-29-15-18-10-12-22(13-11-18)37-17-24(34)30-20-7-3-2-4-8-20/h2-15H,16-17H2,1H3,(H,30,34)(H,31,33)/b29-15-. The maximum Gasteiger partial charge on any atom is 0.416 e. The van der Waals surface area contributed by atoms with Gasteiger partial charge in [0.15, 0.2) is 6.61 Å². The maximum absolute atomic E-state index is 13.0. The molecule has 200 valence electrons. The molecule has 3 aromatic rings. The lowest BCUT2D eigenvalue weighted by molar-refractivity contribution is -0.137. The van der Waals surface area contributed by atoms with Crippen molar-refractivity contribution in [3.8, 4) is 5.75 Å². The first kappa shape index (κ1) is 28.2. The minimum absolute atomic E-state index is 0.207. The Morgan fingerprint density at radius 3 is 2.29 bits per heavy atom. The molecular formula is C25H23F3N4O5S. The first-order valence-electron chi connectivity index (χ1n) is 11.0. The van der Waals surface area contributed by atoms with E-state index in [1.54, 1.807) is 48.5 Å². The summed E-state index contributed by atoms with van der Waals surface area (Å²) < 4.78 is 69.3. The molecule has 2 N–H and O–H groups in total. The Kier molecular flexibility index (Phi) is 9.07. The number of hydrogen-bond acceptors (Lipinski definition) is 6. The van der Waals surface area contributed by atoms with Crippen LogP contribution in [0, 0.1) is 0 Å². The Hall–Kier alpha value is -4.39. The second kappa shape index (κ2) is 12.2. The van der Waals surface area contributed by atoms with Crippen LogP contribution in [0.4, 0.5) is 24.5 Å². The number of amides is 2. The first-order chi connectivity index (χ1) is 17.9. The molecule has 0 unspecified atom stereocenters. The van der Waals surface area contributed by atoms with E-state index < -0.39 is 34.2 Å². The smallest absolute Gasteiger partial charge is 0.416 e. The third-order valence-electron chi connectivity index (χ3n) is 4.86. The van der Waals surface area contributed by atoms with Crippen LogP contribution < -0.4 is 19.8 Å². The molecule has 0 aliphatic rings. The van der Waals surface area contributed by atoms with Gasteiger partial charge in [0.05, 0.1) is 23.7 Å². The average molecular weight is 549 g/mol. The van der Waals surface area contributed by atoms with Crippen LogP contribution in [-0.2, 0) is 25.8 Å². The van der Waals surface area contributed by atoms with E-state index in [-0.39, 0.29) is 18.2 Å². The number of nitrogens with zero attached hydrogens (tertiary/aromatic N) is 2. The number of anilines is 2. The molecule has 0 saturated heterocycles. The number of halogens is 3. The van der Waals surface area contributed by atoms with Crippen LogP contribution in [0.3, 0.4) is 0 Å². The molecule has 38 heavy (non-hydrogen) atoms. The quantitative estimate of drug-likeness (QED) is 0.296. The molecule has 0 aliphatic heterocycles. The molecular weight excluding hydrogens is 525 g/mol. The lowest BCUT2D eigenvalue weighted by atomic mass is 10.2. The lowest BCUT2D eigenvalue weighted by Crippen LogP contribution is -2.39. The summed E-state index contributed by atoms with van der Waals surface area (Å²) in [4.78, 5) is 24.2. The summed E-state index contributed by atoms with van der Waals surface area (Å²) in [6.45, 7) is -0.990. The van der Waals surface area contributed by atoms with E-state index in [4.69, 9.17) is 4.74 Å². The van der Waals surface area contributed by atoms with Gasteiger partial charge in [-0.2, -0.15) is 18.3 Å². The van der Waals surface area contributed by atoms with Gasteiger partial charge >= 0.3 is 6.18 Å². The lowest BCUT2D eigenvalue weighted by Gasteiger charge is -2.22. The number of rotatable bonds is 10. The number of sulfonamides is 1. The predicted octanol–water partition coefficient (Wildman–Crippen LogP) is 3.64. The summed E-state index contributed by atoms with van der Waals surface area (Å²) in [5, 5.41) is 6.43. The first-order valence-corrected chi connectivity index (χ1v) is 12.8. The van der Waals surface area contributed by atoms with Gasteiger partial charge < -0.3 is 10.1 Å². The fraction of sp³-hybridized carbons (Fsp3) is 0.160. The molecule has 0 bridgehead atoms. The van der Waals surface area contributed by atoms with Crippen LogP contribution >= 0.6 is 0 Å². The van der Waals surface area contributed by atoms with Gasteiger partial charge in [-0.3, -0.25) is 13.9 Å². The Morgan fingerprint density at radius 2 is 1.66 bits per heavy atom. The van der Waals surface area contributed by atoms with E-state index in [0.717, 1.165) is 24.5 Å². The van der Waals surface area contributed by atoms with Crippen molar-refractivity contribution >= 4 is 39.4 Å². The SMILES string of the molecule is CS(=O)(=O)N(CC(=O)N/N=C\c1ccc(OCC(=O)Nc2ccccc2)cc1)c1cccc(C(F)(F)F)c1. The van der Waals surface area contributed by atoms with Crippen molar-refractivity contribution in [3.05, 3.63) is 90.0 Å². The summed E-state index contributed by atoms with van der Waals surface area (Å²) in [7, 11) is -4.08. The van der Waals surface area contributed by atoms with Crippen LogP contribution in [0.15, 0.2) is 84.0 Å². The normalized spacial score (nSPS) is 11.7. The van der Waals surface area contributed by atoms with Crippen LogP contribution in [0.2, 0.25) is 0 Å². The van der Waals surface area contributed by atoms with Crippen molar-refractivity contribution in [1.82, 2.24) is 5.43 Å². The number of carbonyl (C=O) groups is 2. The second-order valence-electron chi connectivity index (χ2n) is 7.88. The largest absolute Gasteiger partial charge is 0.484 e. The number of hydrogen-bond donors (Lipinski definition) is 2. The van der Waals surface area contributed by atoms with Crippen LogP contribution in [0.1, 0.15) is 11.1 Å². The highest BCUT2D eigenvalue weighted by atomic mass is 32.2. The Labute approximate surface area is 217 Å². The van der Waals surface area contributed by atoms with Gasteiger partial charge in [-0.1, -0.05) is 24.3 Å². The van der Waals surface area contributed by atoms with Gasteiger partial charge in [0.2, 0.25) is 10.0 Å². The molecule has 0 radical (unpaired) electrons. The molecule has 0 aliphatic carbocycles. The molecule has 9 nitrogen and oxygen atoms in total. The van der Waals surface area contributed by atoms with Crippen molar-refractivity contribution in [2.45, 2.75) is 6.18 Å². The number of hydrazone groups is 1. The summed E-state index contributed by atoms with van der Waals surface area (Å²) in [5.74, 6) is -0.787. The maximum atomic E-state index is 13.0. The molecule has 3 aromatic carbocycles. The number of para-hydroxylation sites is 1. The third kappa shape index (κ3) is 8.62. The van der Waals surface area contributed by atoms with Crippen molar-refractivity contribution in [2.75, 3.05) is 29.0 Å². The number of alkyl halides is 3. The van der Waals surface area contributed by atoms with Crippen LogP contribution in [0.25, 0.3) is 0 Å². The Morgan fingerprint density at radius 1 is 0.974 bits per heavy atom. The molecule has 13 heteroatoms. The van der Waals surface area contributed by atoms with Gasteiger partial charge in [-0.25, -0.2) is 13.8 Å². The predicted molar refractivity (Wildman–Crippen MR) is 136 cm³/mol. The fourth-order valence-corrected chi connectivity index (χ4v) is 3.95. The topological polar surface area (TPSA) is 117 Å². The summed E-state index contributed by atoms with van der Waals surface area (Å²) >= 11 is 0. The molecule has 0 spiro atoms. The van der Waals surface area contributed by atoms with Crippen molar-refractivity contribution < 1.29 is 35.9 Å². The monoisotopic (exact) mass is 548 g/mol. The number of ether oxygens (including phenoxy) is 1. The summed E-state index contributed by atoms with van der Waals surface area (Å²) in [6, 6.07) is 18.9. The van der Waals surface area contributed by atoms with Crippen molar-refractivity contribution in [2.24, 2.45) is 5.10 Å². The number of nitrogens with one attached hydrogen (secondary N) is 2.